The molecule has 0 bridgehead atoms. The summed E-state index contributed by atoms with van der Waals surface area (Å²) in [5.74, 6) is 0. The Morgan fingerprint density at radius 3 is 2.70 bits per heavy atom. The van der Waals surface area contributed by atoms with Crippen molar-refractivity contribution in [3.05, 3.63) is 48.3 Å². The highest BCUT2D eigenvalue weighted by Gasteiger charge is 2.35. The van der Waals surface area contributed by atoms with E-state index in [2.05, 4.69) is 5.10 Å². The highest BCUT2D eigenvalue weighted by atomic mass is 19.1. The first-order valence-corrected chi connectivity index (χ1v) is 6.69. The predicted molar refractivity (Wildman–Crippen MR) is 76.5 cm³/mol. The number of nitrogens with two attached hydrogens (primary N) is 1. The zero-order chi connectivity index (χ0) is 14.4. The number of hydrogen-bond donors (Lipinski definition) is 1. The highest BCUT2D eigenvalue weighted by Crippen LogP contribution is 2.32. The molecule has 108 valence electrons. The lowest BCUT2D eigenvalue weighted by atomic mass is 9.96. The normalized spacial score (nSPS) is 14.2. The van der Waals surface area contributed by atoms with Crippen LogP contribution in [-0.2, 0) is 10.4 Å². The van der Waals surface area contributed by atoms with Gasteiger partial charge in [0.1, 0.15) is 0 Å². The van der Waals surface area contributed by atoms with Crippen molar-refractivity contribution >= 4 is 0 Å². The van der Waals surface area contributed by atoms with E-state index in [0.717, 1.165) is 5.69 Å². The molecule has 1 heterocycles. The zero-order valence-corrected chi connectivity index (χ0v) is 11.6. The van der Waals surface area contributed by atoms with Gasteiger partial charge in [0.25, 0.3) is 0 Å². The van der Waals surface area contributed by atoms with Crippen molar-refractivity contribution < 1.29 is 9.13 Å². The molecule has 0 amide bonds. The van der Waals surface area contributed by atoms with Gasteiger partial charge in [-0.15, -0.1) is 0 Å². The number of para-hydroxylation sites is 1. The van der Waals surface area contributed by atoms with Gasteiger partial charge in [-0.25, -0.2) is 9.07 Å². The Labute approximate surface area is 118 Å². The quantitative estimate of drug-likeness (QED) is 0.845. The van der Waals surface area contributed by atoms with Gasteiger partial charge in [-0.05, 0) is 37.6 Å². The molecular weight excluding hydrogens is 257 g/mol. The summed E-state index contributed by atoms with van der Waals surface area (Å²) >= 11 is 0. The summed E-state index contributed by atoms with van der Waals surface area (Å²) in [6, 6.07) is 11.2. The second-order valence-electron chi connectivity index (χ2n) is 4.75. The average Bonchev–Trinajstić information content (AvgIpc) is 2.96. The molecule has 1 aromatic heterocycles. The number of nitrogens with zero attached hydrogens (tertiary/aromatic N) is 2. The SMILES string of the molecule is COCC(F)(CCCN)c1ccnn1-c1ccccc1. The van der Waals surface area contributed by atoms with Crippen molar-refractivity contribution in [1.82, 2.24) is 9.78 Å². The molecule has 0 saturated carbocycles. The molecule has 4 nitrogen and oxygen atoms in total. The maximum Gasteiger partial charge on any atom is 0.175 e. The number of alkyl halides is 1. The van der Waals surface area contributed by atoms with Crippen LogP contribution in [0, 0.1) is 0 Å². The van der Waals surface area contributed by atoms with E-state index in [9.17, 15) is 0 Å². The van der Waals surface area contributed by atoms with Crippen molar-refractivity contribution in [1.29, 1.82) is 0 Å². The van der Waals surface area contributed by atoms with Crippen LogP contribution in [0.3, 0.4) is 0 Å². The van der Waals surface area contributed by atoms with Gasteiger partial charge in [0, 0.05) is 13.3 Å². The summed E-state index contributed by atoms with van der Waals surface area (Å²) in [6.45, 7) is 0.445. The summed E-state index contributed by atoms with van der Waals surface area (Å²) in [5, 5.41) is 4.23. The van der Waals surface area contributed by atoms with E-state index in [4.69, 9.17) is 10.5 Å². The summed E-state index contributed by atoms with van der Waals surface area (Å²) in [4.78, 5) is 0. The van der Waals surface area contributed by atoms with E-state index >= 15 is 4.39 Å². The third-order valence-corrected chi connectivity index (χ3v) is 3.25. The van der Waals surface area contributed by atoms with Gasteiger partial charge in [0.05, 0.1) is 18.0 Å². The van der Waals surface area contributed by atoms with Crippen LogP contribution in [-0.4, -0.2) is 30.0 Å². The lowest BCUT2D eigenvalue weighted by molar-refractivity contribution is 0.0254. The number of halogens is 1. The van der Waals surface area contributed by atoms with Crippen LogP contribution in [0.4, 0.5) is 4.39 Å². The molecule has 0 aliphatic heterocycles. The molecule has 0 spiro atoms. The summed E-state index contributed by atoms with van der Waals surface area (Å²) in [7, 11) is 1.50. The van der Waals surface area contributed by atoms with Gasteiger partial charge in [0.15, 0.2) is 5.67 Å². The minimum Gasteiger partial charge on any atom is -0.381 e. The predicted octanol–water partition coefficient (Wildman–Crippen LogP) is 2.42. The van der Waals surface area contributed by atoms with E-state index in [-0.39, 0.29) is 6.61 Å². The Bertz CT molecular complexity index is 529. The maximum absolute atomic E-state index is 15.2. The molecule has 5 heteroatoms. The molecule has 0 aliphatic carbocycles. The standard InChI is InChI=1S/C15H20FN3O/c1-20-12-15(16,9-5-10-17)14-8-11-18-19(14)13-6-3-2-4-7-13/h2-4,6-8,11H,5,9-10,12,17H2,1H3. The Balaban J connectivity index is 2.37. The topological polar surface area (TPSA) is 53.1 Å². The average molecular weight is 277 g/mol. The van der Waals surface area contributed by atoms with E-state index in [1.807, 2.05) is 30.3 Å². The van der Waals surface area contributed by atoms with Crippen LogP contribution >= 0.6 is 0 Å². The van der Waals surface area contributed by atoms with Crippen molar-refractivity contribution in [3.8, 4) is 5.69 Å². The Hall–Kier alpha value is -1.72. The third-order valence-electron chi connectivity index (χ3n) is 3.25. The van der Waals surface area contributed by atoms with E-state index in [1.54, 1.807) is 16.9 Å². The maximum atomic E-state index is 15.2. The Kier molecular flexibility index (Phi) is 4.87. The largest absolute Gasteiger partial charge is 0.381 e. The zero-order valence-electron chi connectivity index (χ0n) is 11.6. The van der Waals surface area contributed by atoms with Gasteiger partial charge in [0.2, 0.25) is 0 Å². The van der Waals surface area contributed by atoms with Gasteiger partial charge in [-0.2, -0.15) is 5.10 Å². The smallest absolute Gasteiger partial charge is 0.175 e. The van der Waals surface area contributed by atoms with E-state index < -0.39 is 5.67 Å². The molecule has 0 fully saturated rings. The number of ether oxygens (including phenoxy) is 1. The fourth-order valence-corrected chi connectivity index (χ4v) is 2.30. The molecule has 1 atom stereocenters. The molecular formula is C15H20FN3O. The lowest BCUT2D eigenvalue weighted by Crippen LogP contribution is -2.30. The first-order valence-electron chi connectivity index (χ1n) is 6.69. The minimum absolute atomic E-state index is 0.00841. The van der Waals surface area contributed by atoms with Gasteiger partial charge in [-0.1, -0.05) is 18.2 Å². The molecule has 0 aliphatic rings. The fourth-order valence-electron chi connectivity index (χ4n) is 2.30. The number of benzene rings is 1. The summed E-state index contributed by atoms with van der Waals surface area (Å²) in [6.07, 6.45) is 2.52. The third kappa shape index (κ3) is 3.05. The molecule has 2 rings (SSSR count). The fraction of sp³-hybridized carbons (Fsp3) is 0.400. The van der Waals surface area contributed by atoms with Crippen molar-refractivity contribution in [2.45, 2.75) is 18.5 Å². The summed E-state index contributed by atoms with van der Waals surface area (Å²) < 4.78 is 21.9. The number of aromatic nitrogens is 2. The second-order valence-corrected chi connectivity index (χ2v) is 4.75. The molecule has 2 N–H and O–H groups in total. The first-order chi connectivity index (χ1) is 9.71. The van der Waals surface area contributed by atoms with Crippen molar-refractivity contribution in [2.24, 2.45) is 5.73 Å². The van der Waals surface area contributed by atoms with Gasteiger partial charge >= 0.3 is 0 Å². The Morgan fingerprint density at radius 1 is 1.30 bits per heavy atom. The van der Waals surface area contributed by atoms with Crippen LogP contribution in [0.1, 0.15) is 18.5 Å². The lowest BCUT2D eigenvalue weighted by Gasteiger charge is -2.25. The van der Waals surface area contributed by atoms with Crippen LogP contribution in [0.5, 0.6) is 0 Å². The van der Waals surface area contributed by atoms with Crippen molar-refractivity contribution in [2.75, 3.05) is 20.3 Å². The molecule has 20 heavy (non-hydrogen) atoms. The monoisotopic (exact) mass is 277 g/mol. The molecule has 1 unspecified atom stereocenters. The number of hydrogen-bond acceptors (Lipinski definition) is 3. The van der Waals surface area contributed by atoms with Gasteiger partial charge < -0.3 is 10.5 Å². The first kappa shape index (κ1) is 14.7. The Morgan fingerprint density at radius 2 is 2.05 bits per heavy atom. The van der Waals surface area contributed by atoms with E-state index in [0.29, 0.717) is 25.1 Å². The number of methoxy groups -OCH3 is 1. The van der Waals surface area contributed by atoms with E-state index in [1.165, 1.54) is 7.11 Å². The molecule has 1 aromatic carbocycles. The number of rotatable bonds is 7. The van der Waals surface area contributed by atoms with Crippen LogP contribution in [0.25, 0.3) is 5.69 Å². The van der Waals surface area contributed by atoms with Crippen LogP contribution in [0.15, 0.2) is 42.6 Å². The summed E-state index contributed by atoms with van der Waals surface area (Å²) in [5.41, 5.74) is 5.25. The molecule has 0 radical (unpaired) electrons. The second kappa shape index (κ2) is 6.63. The van der Waals surface area contributed by atoms with Crippen molar-refractivity contribution in [3.63, 3.8) is 0 Å². The van der Waals surface area contributed by atoms with Crippen LogP contribution < -0.4 is 5.73 Å². The molecule has 0 saturated heterocycles. The van der Waals surface area contributed by atoms with Crippen LogP contribution in [0.2, 0.25) is 0 Å². The minimum atomic E-state index is -1.58. The molecule has 2 aromatic rings. The van der Waals surface area contributed by atoms with Gasteiger partial charge in [-0.3, -0.25) is 0 Å². The highest BCUT2D eigenvalue weighted by molar-refractivity contribution is 5.34.